The number of benzene rings is 1. The van der Waals surface area contributed by atoms with E-state index in [0.29, 0.717) is 25.1 Å². The molecule has 1 aliphatic rings. The van der Waals surface area contributed by atoms with Crippen LogP contribution in [-0.4, -0.2) is 42.5 Å². The van der Waals surface area contributed by atoms with Gasteiger partial charge in [0.15, 0.2) is 0 Å². The van der Waals surface area contributed by atoms with E-state index in [-0.39, 0.29) is 30.3 Å². The Balaban J connectivity index is 0.00000264. The van der Waals surface area contributed by atoms with E-state index in [0.717, 1.165) is 23.6 Å². The summed E-state index contributed by atoms with van der Waals surface area (Å²) in [7, 11) is 0. The number of nitrogens with one attached hydrogen (secondary N) is 3. The van der Waals surface area contributed by atoms with Crippen molar-refractivity contribution in [3.8, 4) is 0 Å². The van der Waals surface area contributed by atoms with Crippen molar-refractivity contribution in [2.75, 3.05) is 24.6 Å². The number of hydrogen-bond donors (Lipinski definition) is 3. The highest BCUT2D eigenvalue weighted by molar-refractivity contribution is 7.99. The van der Waals surface area contributed by atoms with E-state index < -0.39 is 0 Å². The summed E-state index contributed by atoms with van der Waals surface area (Å²) in [6, 6.07) is 7.61. The van der Waals surface area contributed by atoms with Crippen LogP contribution in [0.2, 0.25) is 0 Å². The van der Waals surface area contributed by atoms with Crippen LogP contribution in [0.15, 0.2) is 24.3 Å². The molecule has 0 aromatic heterocycles. The molecule has 0 spiro atoms. The first-order chi connectivity index (χ1) is 10.7. The van der Waals surface area contributed by atoms with Crippen LogP contribution in [0.4, 0.5) is 0 Å². The zero-order chi connectivity index (χ0) is 15.8. The van der Waals surface area contributed by atoms with Gasteiger partial charge in [0.1, 0.15) is 0 Å². The number of thioether (sulfide) groups is 1. The van der Waals surface area contributed by atoms with Gasteiger partial charge in [0, 0.05) is 49.2 Å². The number of hydrogen-bond acceptors (Lipinski definition) is 4. The first kappa shape index (κ1) is 19.8. The van der Waals surface area contributed by atoms with Gasteiger partial charge in [-0.25, -0.2) is 0 Å². The maximum atomic E-state index is 12.0. The Labute approximate surface area is 147 Å². The molecule has 0 saturated carbocycles. The topological polar surface area (TPSA) is 70.2 Å². The van der Waals surface area contributed by atoms with Crippen LogP contribution in [0.5, 0.6) is 0 Å². The summed E-state index contributed by atoms with van der Waals surface area (Å²) in [6.07, 6.45) is 0.503. The molecule has 3 N–H and O–H groups in total. The second-order valence-corrected chi connectivity index (χ2v) is 6.42. The minimum atomic E-state index is -0.0842. The van der Waals surface area contributed by atoms with Crippen molar-refractivity contribution in [2.45, 2.75) is 25.9 Å². The molecule has 128 valence electrons. The second-order valence-electron chi connectivity index (χ2n) is 5.27. The Morgan fingerprint density at radius 1 is 1.35 bits per heavy atom. The fourth-order valence-corrected chi connectivity index (χ4v) is 3.28. The van der Waals surface area contributed by atoms with Crippen LogP contribution < -0.4 is 16.0 Å². The van der Waals surface area contributed by atoms with Crippen LogP contribution in [0.1, 0.15) is 29.3 Å². The lowest BCUT2D eigenvalue weighted by Gasteiger charge is -2.22. The third kappa shape index (κ3) is 6.81. The van der Waals surface area contributed by atoms with Gasteiger partial charge < -0.3 is 16.0 Å². The summed E-state index contributed by atoms with van der Waals surface area (Å²) in [5, 5.41) is 9.05. The molecule has 7 heteroatoms. The van der Waals surface area contributed by atoms with Gasteiger partial charge in [0.05, 0.1) is 0 Å². The minimum absolute atomic E-state index is 0. The zero-order valence-corrected chi connectivity index (χ0v) is 14.9. The lowest BCUT2D eigenvalue weighted by molar-refractivity contribution is -0.121. The largest absolute Gasteiger partial charge is 0.352 e. The predicted molar refractivity (Wildman–Crippen MR) is 97.3 cm³/mol. The van der Waals surface area contributed by atoms with E-state index in [1.165, 1.54) is 0 Å². The summed E-state index contributed by atoms with van der Waals surface area (Å²) in [4.78, 5) is 23.8. The van der Waals surface area contributed by atoms with Crippen molar-refractivity contribution in [2.24, 2.45) is 0 Å². The molecule has 5 nitrogen and oxygen atoms in total. The van der Waals surface area contributed by atoms with Crippen LogP contribution in [0, 0.1) is 0 Å². The van der Waals surface area contributed by atoms with Crippen LogP contribution in [0.3, 0.4) is 0 Å². The standard InChI is InChI=1S/C16H23N3O2S.ClH/c1-2-17-16(21)13-5-3-4-12(8-13)10-19-15(20)9-14-11-22-7-6-18-14;/h3-5,8,14,18H,2,6-7,9-11H2,1H3,(H,17,21)(H,19,20);1H. The highest BCUT2D eigenvalue weighted by atomic mass is 35.5. The third-order valence-corrected chi connectivity index (χ3v) is 4.58. The Morgan fingerprint density at radius 3 is 2.87 bits per heavy atom. The Kier molecular flexibility index (Phi) is 9.06. The fraction of sp³-hybridized carbons (Fsp3) is 0.500. The molecular formula is C16H24ClN3O2S. The molecule has 1 aromatic rings. The molecule has 1 heterocycles. The average molecular weight is 358 g/mol. The molecule has 2 amide bonds. The minimum Gasteiger partial charge on any atom is -0.352 e. The molecule has 1 aliphatic heterocycles. The lowest BCUT2D eigenvalue weighted by atomic mass is 10.1. The summed E-state index contributed by atoms with van der Waals surface area (Å²) >= 11 is 1.88. The van der Waals surface area contributed by atoms with E-state index in [9.17, 15) is 9.59 Å². The Morgan fingerprint density at radius 2 is 2.17 bits per heavy atom. The molecule has 1 unspecified atom stereocenters. The van der Waals surface area contributed by atoms with Crippen molar-refractivity contribution in [3.63, 3.8) is 0 Å². The van der Waals surface area contributed by atoms with Gasteiger partial charge in [0.25, 0.3) is 5.91 Å². The first-order valence-electron chi connectivity index (χ1n) is 7.64. The van der Waals surface area contributed by atoms with Gasteiger partial charge in [-0.3, -0.25) is 9.59 Å². The quantitative estimate of drug-likeness (QED) is 0.722. The van der Waals surface area contributed by atoms with Gasteiger partial charge in [0.2, 0.25) is 5.91 Å². The molecular weight excluding hydrogens is 334 g/mol. The van der Waals surface area contributed by atoms with Crippen LogP contribution in [0.25, 0.3) is 0 Å². The molecule has 1 aromatic carbocycles. The smallest absolute Gasteiger partial charge is 0.251 e. The normalized spacial score (nSPS) is 17.0. The number of carbonyl (C=O) groups excluding carboxylic acids is 2. The number of amides is 2. The van der Waals surface area contributed by atoms with Gasteiger partial charge >= 0.3 is 0 Å². The summed E-state index contributed by atoms with van der Waals surface area (Å²) < 4.78 is 0. The molecule has 1 fully saturated rings. The molecule has 23 heavy (non-hydrogen) atoms. The summed E-state index contributed by atoms with van der Waals surface area (Å²) in [5.41, 5.74) is 1.56. The average Bonchev–Trinajstić information content (AvgIpc) is 2.54. The zero-order valence-electron chi connectivity index (χ0n) is 13.3. The first-order valence-corrected chi connectivity index (χ1v) is 8.79. The Hall–Kier alpha value is -1.24. The molecule has 2 rings (SSSR count). The SMILES string of the molecule is CCNC(=O)c1cccc(CNC(=O)CC2CSCCN2)c1.Cl. The van der Waals surface area contributed by atoms with E-state index >= 15 is 0 Å². The van der Waals surface area contributed by atoms with Gasteiger partial charge in [-0.15, -0.1) is 12.4 Å². The molecule has 0 aliphatic carbocycles. The van der Waals surface area contributed by atoms with E-state index in [1.807, 2.05) is 36.9 Å². The highest BCUT2D eigenvalue weighted by Crippen LogP contribution is 2.10. The number of rotatable bonds is 6. The van der Waals surface area contributed by atoms with Gasteiger partial charge in [-0.2, -0.15) is 11.8 Å². The summed E-state index contributed by atoms with van der Waals surface area (Å²) in [6.45, 7) is 3.91. The van der Waals surface area contributed by atoms with Crippen molar-refractivity contribution in [1.82, 2.24) is 16.0 Å². The fourth-order valence-electron chi connectivity index (χ4n) is 2.33. The van der Waals surface area contributed by atoms with Gasteiger partial charge in [-0.1, -0.05) is 12.1 Å². The lowest BCUT2D eigenvalue weighted by Crippen LogP contribution is -2.41. The van der Waals surface area contributed by atoms with E-state index in [2.05, 4.69) is 16.0 Å². The van der Waals surface area contributed by atoms with Crippen molar-refractivity contribution in [1.29, 1.82) is 0 Å². The van der Waals surface area contributed by atoms with Crippen LogP contribution >= 0.6 is 24.2 Å². The monoisotopic (exact) mass is 357 g/mol. The third-order valence-electron chi connectivity index (χ3n) is 3.45. The van der Waals surface area contributed by atoms with Gasteiger partial charge in [-0.05, 0) is 24.6 Å². The predicted octanol–water partition coefficient (Wildman–Crippen LogP) is 1.57. The van der Waals surface area contributed by atoms with Crippen molar-refractivity contribution >= 4 is 36.0 Å². The van der Waals surface area contributed by atoms with E-state index in [4.69, 9.17) is 0 Å². The molecule has 0 radical (unpaired) electrons. The second kappa shape index (κ2) is 10.5. The number of halogens is 1. The number of carbonyl (C=O) groups is 2. The molecule has 0 bridgehead atoms. The van der Waals surface area contributed by atoms with Crippen LogP contribution in [-0.2, 0) is 11.3 Å². The Bertz CT molecular complexity index is 522. The molecule has 1 saturated heterocycles. The maximum Gasteiger partial charge on any atom is 0.251 e. The molecule has 1 atom stereocenters. The van der Waals surface area contributed by atoms with Crippen molar-refractivity contribution in [3.05, 3.63) is 35.4 Å². The highest BCUT2D eigenvalue weighted by Gasteiger charge is 2.16. The van der Waals surface area contributed by atoms with E-state index in [1.54, 1.807) is 6.07 Å². The van der Waals surface area contributed by atoms with Crippen molar-refractivity contribution < 1.29 is 9.59 Å². The maximum absolute atomic E-state index is 12.0. The summed E-state index contributed by atoms with van der Waals surface area (Å²) in [5.74, 6) is 2.06.